The lowest BCUT2D eigenvalue weighted by Crippen LogP contribution is -2.21. The summed E-state index contributed by atoms with van der Waals surface area (Å²) in [6.45, 7) is 3.16. The van der Waals surface area contributed by atoms with Crippen LogP contribution in [0.25, 0.3) is 0 Å². The first kappa shape index (κ1) is 13.0. The summed E-state index contributed by atoms with van der Waals surface area (Å²) in [5.41, 5.74) is 0. The Morgan fingerprint density at radius 2 is 2.35 bits per heavy atom. The molecule has 0 spiro atoms. The first-order valence-electron chi connectivity index (χ1n) is 5.89. The predicted octanol–water partition coefficient (Wildman–Crippen LogP) is 2.90. The highest BCUT2D eigenvalue weighted by molar-refractivity contribution is 7.99. The van der Waals surface area contributed by atoms with Crippen LogP contribution in [-0.2, 0) is 0 Å². The quantitative estimate of drug-likeness (QED) is 0.744. The second kappa shape index (κ2) is 7.09. The number of unbranched alkanes of at least 4 members (excludes halogenated alkanes) is 1. The maximum Gasteiger partial charge on any atom is 0.213 e. The fraction of sp³-hybridized carbons (Fsp3) is 0.583. The minimum Gasteiger partial charge on any atom is -0.478 e. The standard InChI is InChI=1S/C12H17ClN2OS/c13-11-3-4-12(14-9-11)16-7-2-1-5-15-6-8-17-10-15/h3-4,9H,1-2,5-8,10H2. The van der Waals surface area contributed by atoms with E-state index in [0.29, 0.717) is 10.9 Å². The molecule has 0 bridgehead atoms. The molecule has 3 nitrogen and oxygen atoms in total. The summed E-state index contributed by atoms with van der Waals surface area (Å²) in [7, 11) is 0. The van der Waals surface area contributed by atoms with Crippen molar-refractivity contribution in [1.29, 1.82) is 0 Å². The highest BCUT2D eigenvalue weighted by Gasteiger charge is 2.10. The van der Waals surface area contributed by atoms with Crippen LogP contribution in [0.15, 0.2) is 18.3 Å². The maximum absolute atomic E-state index is 5.74. The van der Waals surface area contributed by atoms with Crippen LogP contribution in [0.1, 0.15) is 12.8 Å². The van der Waals surface area contributed by atoms with Crippen molar-refractivity contribution in [1.82, 2.24) is 9.88 Å². The van der Waals surface area contributed by atoms with Crippen LogP contribution in [0.3, 0.4) is 0 Å². The van der Waals surface area contributed by atoms with Crippen LogP contribution in [0, 0.1) is 0 Å². The number of rotatable bonds is 6. The third kappa shape index (κ3) is 4.74. The molecule has 0 aliphatic carbocycles. The Morgan fingerprint density at radius 1 is 1.41 bits per heavy atom. The Hall–Kier alpha value is -0.450. The molecule has 0 unspecified atom stereocenters. The third-order valence-corrected chi connectivity index (χ3v) is 3.89. The summed E-state index contributed by atoms with van der Waals surface area (Å²) in [6, 6.07) is 3.60. The molecule has 0 saturated carbocycles. The van der Waals surface area contributed by atoms with E-state index in [-0.39, 0.29) is 0 Å². The minimum atomic E-state index is 0.642. The minimum absolute atomic E-state index is 0.642. The fourth-order valence-electron chi connectivity index (χ4n) is 1.69. The monoisotopic (exact) mass is 272 g/mol. The van der Waals surface area contributed by atoms with Crippen molar-refractivity contribution in [3.63, 3.8) is 0 Å². The van der Waals surface area contributed by atoms with E-state index < -0.39 is 0 Å². The van der Waals surface area contributed by atoms with Gasteiger partial charge in [0.1, 0.15) is 0 Å². The summed E-state index contributed by atoms with van der Waals surface area (Å²) in [5, 5.41) is 0.642. The van der Waals surface area contributed by atoms with Gasteiger partial charge < -0.3 is 4.74 Å². The molecule has 0 aromatic carbocycles. The van der Waals surface area contributed by atoms with Crippen molar-refractivity contribution < 1.29 is 4.74 Å². The van der Waals surface area contributed by atoms with Crippen molar-refractivity contribution in [3.8, 4) is 5.88 Å². The van der Waals surface area contributed by atoms with E-state index in [4.69, 9.17) is 16.3 Å². The Labute approximate surface area is 111 Å². The first-order valence-corrected chi connectivity index (χ1v) is 7.42. The Balaban J connectivity index is 1.55. The largest absolute Gasteiger partial charge is 0.478 e. The van der Waals surface area contributed by atoms with Gasteiger partial charge in [-0.15, -0.1) is 11.8 Å². The molecule has 17 heavy (non-hydrogen) atoms. The molecule has 94 valence electrons. The SMILES string of the molecule is Clc1ccc(OCCCCN2CCSC2)nc1. The number of pyridine rings is 1. The van der Waals surface area contributed by atoms with Gasteiger partial charge in [0.25, 0.3) is 0 Å². The lowest BCUT2D eigenvalue weighted by Gasteiger charge is -2.13. The van der Waals surface area contributed by atoms with Gasteiger partial charge in [-0.05, 0) is 25.5 Å². The van der Waals surface area contributed by atoms with Gasteiger partial charge in [0, 0.05) is 30.4 Å². The van der Waals surface area contributed by atoms with Crippen molar-refractivity contribution >= 4 is 23.4 Å². The topological polar surface area (TPSA) is 25.4 Å². The average Bonchev–Trinajstić information content (AvgIpc) is 2.84. The maximum atomic E-state index is 5.74. The van der Waals surface area contributed by atoms with Crippen LogP contribution in [0.4, 0.5) is 0 Å². The highest BCUT2D eigenvalue weighted by Crippen LogP contribution is 2.14. The third-order valence-electron chi connectivity index (χ3n) is 2.64. The van der Waals surface area contributed by atoms with E-state index in [1.165, 1.54) is 31.1 Å². The molecule has 1 aliphatic rings. The van der Waals surface area contributed by atoms with Gasteiger partial charge in [0.2, 0.25) is 5.88 Å². The van der Waals surface area contributed by atoms with Gasteiger partial charge >= 0.3 is 0 Å². The van der Waals surface area contributed by atoms with E-state index in [1.807, 2.05) is 11.8 Å². The number of ether oxygens (including phenoxy) is 1. The Morgan fingerprint density at radius 3 is 3.06 bits per heavy atom. The zero-order chi connectivity index (χ0) is 11.9. The lowest BCUT2D eigenvalue weighted by molar-refractivity contribution is 0.276. The van der Waals surface area contributed by atoms with E-state index in [1.54, 1.807) is 18.3 Å². The first-order chi connectivity index (χ1) is 8.34. The van der Waals surface area contributed by atoms with Gasteiger partial charge in [-0.25, -0.2) is 4.98 Å². The summed E-state index contributed by atoms with van der Waals surface area (Å²) >= 11 is 7.76. The molecule has 1 aromatic rings. The average molecular weight is 273 g/mol. The lowest BCUT2D eigenvalue weighted by atomic mass is 10.3. The molecule has 0 atom stereocenters. The summed E-state index contributed by atoms with van der Waals surface area (Å²) in [6.07, 6.45) is 3.87. The van der Waals surface area contributed by atoms with E-state index in [0.717, 1.165) is 13.0 Å². The van der Waals surface area contributed by atoms with Crippen LogP contribution >= 0.6 is 23.4 Å². The molecule has 0 N–H and O–H groups in total. The van der Waals surface area contributed by atoms with Crippen LogP contribution in [-0.4, -0.2) is 41.2 Å². The van der Waals surface area contributed by atoms with Crippen molar-refractivity contribution in [3.05, 3.63) is 23.4 Å². The number of hydrogen-bond acceptors (Lipinski definition) is 4. The smallest absolute Gasteiger partial charge is 0.213 e. The molecule has 2 rings (SSSR count). The number of nitrogens with zero attached hydrogens (tertiary/aromatic N) is 2. The second-order valence-electron chi connectivity index (χ2n) is 4.03. The normalized spacial score (nSPS) is 16.3. The van der Waals surface area contributed by atoms with Crippen molar-refractivity contribution in [2.24, 2.45) is 0 Å². The van der Waals surface area contributed by atoms with E-state index in [2.05, 4.69) is 9.88 Å². The molecular weight excluding hydrogens is 256 g/mol. The molecule has 1 aliphatic heterocycles. The Kier molecular flexibility index (Phi) is 5.42. The summed E-state index contributed by atoms with van der Waals surface area (Å²) in [4.78, 5) is 6.58. The second-order valence-corrected chi connectivity index (χ2v) is 5.54. The Bertz CT molecular complexity index is 328. The molecule has 5 heteroatoms. The summed E-state index contributed by atoms with van der Waals surface area (Å²) < 4.78 is 5.53. The van der Waals surface area contributed by atoms with Crippen LogP contribution in [0.2, 0.25) is 5.02 Å². The number of hydrogen-bond donors (Lipinski definition) is 0. The van der Waals surface area contributed by atoms with Gasteiger partial charge in [0.15, 0.2) is 0 Å². The van der Waals surface area contributed by atoms with Gasteiger partial charge in [0.05, 0.1) is 11.6 Å². The van der Waals surface area contributed by atoms with Gasteiger partial charge in [-0.3, -0.25) is 4.90 Å². The van der Waals surface area contributed by atoms with Crippen molar-refractivity contribution in [2.45, 2.75) is 12.8 Å². The predicted molar refractivity (Wildman–Crippen MR) is 72.9 cm³/mol. The van der Waals surface area contributed by atoms with Gasteiger partial charge in [-0.1, -0.05) is 11.6 Å². The zero-order valence-corrected chi connectivity index (χ0v) is 11.3. The molecular formula is C12H17ClN2OS. The van der Waals surface area contributed by atoms with E-state index >= 15 is 0 Å². The molecule has 2 heterocycles. The molecule has 1 saturated heterocycles. The van der Waals surface area contributed by atoms with E-state index in [9.17, 15) is 0 Å². The molecule has 1 fully saturated rings. The molecule has 1 aromatic heterocycles. The number of halogens is 1. The fourth-order valence-corrected chi connectivity index (χ4v) is 2.83. The molecule has 0 amide bonds. The number of thioether (sulfide) groups is 1. The highest BCUT2D eigenvalue weighted by atomic mass is 35.5. The van der Waals surface area contributed by atoms with Crippen LogP contribution in [0.5, 0.6) is 5.88 Å². The van der Waals surface area contributed by atoms with Gasteiger partial charge in [-0.2, -0.15) is 0 Å². The number of aromatic nitrogens is 1. The van der Waals surface area contributed by atoms with Crippen molar-refractivity contribution in [2.75, 3.05) is 31.3 Å². The zero-order valence-electron chi connectivity index (χ0n) is 9.77. The van der Waals surface area contributed by atoms with Crippen LogP contribution < -0.4 is 4.74 Å². The summed E-state index contributed by atoms with van der Waals surface area (Å²) in [5.74, 6) is 3.14. The molecule has 0 radical (unpaired) electrons.